The zero-order chi connectivity index (χ0) is 15.0. The van der Waals surface area contributed by atoms with E-state index in [-0.39, 0.29) is 5.97 Å². The van der Waals surface area contributed by atoms with Gasteiger partial charge in [0.1, 0.15) is 5.54 Å². The third-order valence-electron chi connectivity index (χ3n) is 4.54. The van der Waals surface area contributed by atoms with E-state index in [1.807, 2.05) is 0 Å². The van der Waals surface area contributed by atoms with Crippen LogP contribution >= 0.6 is 0 Å². The fourth-order valence-electron chi connectivity index (χ4n) is 3.19. The van der Waals surface area contributed by atoms with E-state index in [0.29, 0.717) is 6.42 Å². The summed E-state index contributed by atoms with van der Waals surface area (Å²) in [6, 6.07) is 0.776. The summed E-state index contributed by atoms with van der Waals surface area (Å²) >= 11 is 0. The van der Waals surface area contributed by atoms with Gasteiger partial charge in [-0.15, -0.1) is 0 Å². The zero-order valence-corrected chi connectivity index (χ0v) is 13.5. The van der Waals surface area contributed by atoms with Crippen molar-refractivity contribution < 1.29 is 9.53 Å². The molecule has 1 saturated carbocycles. The number of hydrogen-bond acceptors (Lipinski definition) is 4. The molecule has 0 heterocycles. The van der Waals surface area contributed by atoms with Crippen molar-refractivity contribution >= 4 is 5.97 Å². The lowest BCUT2D eigenvalue weighted by molar-refractivity contribution is -0.146. The molecule has 0 spiro atoms. The number of carbonyl (C=O) groups excluding carboxylic acids is 1. The molecular weight excluding hydrogens is 252 g/mol. The van der Waals surface area contributed by atoms with Crippen molar-refractivity contribution in [3.05, 3.63) is 0 Å². The Morgan fingerprint density at radius 1 is 1.30 bits per heavy atom. The van der Waals surface area contributed by atoms with Crippen LogP contribution in [0.1, 0.15) is 65.2 Å². The summed E-state index contributed by atoms with van der Waals surface area (Å²) in [4.78, 5) is 14.1. The molecule has 0 aromatic rings. The summed E-state index contributed by atoms with van der Waals surface area (Å²) in [5, 5.41) is 0. The molecule has 0 bridgehead atoms. The molecule has 1 unspecified atom stereocenters. The van der Waals surface area contributed by atoms with E-state index >= 15 is 0 Å². The van der Waals surface area contributed by atoms with Crippen molar-refractivity contribution in [1.82, 2.24) is 4.90 Å². The van der Waals surface area contributed by atoms with Crippen LogP contribution in [0.15, 0.2) is 0 Å². The number of rotatable bonds is 8. The molecular formula is C16H32N2O2. The molecule has 0 saturated heterocycles. The summed E-state index contributed by atoms with van der Waals surface area (Å²) in [5.74, 6) is -0.308. The van der Waals surface area contributed by atoms with Crippen LogP contribution in [0.3, 0.4) is 0 Å². The predicted octanol–water partition coefficient (Wildman–Crippen LogP) is 2.70. The lowest BCUT2D eigenvalue weighted by Gasteiger charge is -2.33. The standard InChI is InChI=1S/C16H32N2O2/c1-4-18(14-10-6-5-7-11-14)13-9-8-12-16(2,17)15(19)20-3/h14H,4-13,17H2,1-3H3. The first-order valence-electron chi connectivity index (χ1n) is 8.12. The molecule has 0 aromatic heterocycles. The van der Waals surface area contributed by atoms with Crippen LogP contribution in [0, 0.1) is 0 Å². The lowest BCUT2D eigenvalue weighted by Crippen LogP contribution is -2.45. The number of carbonyl (C=O) groups is 1. The zero-order valence-electron chi connectivity index (χ0n) is 13.5. The van der Waals surface area contributed by atoms with E-state index in [2.05, 4.69) is 11.8 Å². The van der Waals surface area contributed by atoms with Crippen LogP contribution in [0.2, 0.25) is 0 Å². The number of methoxy groups -OCH3 is 1. The third kappa shape index (κ3) is 5.41. The highest BCUT2D eigenvalue weighted by atomic mass is 16.5. The first-order valence-corrected chi connectivity index (χ1v) is 8.12. The van der Waals surface area contributed by atoms with Gasteiger partial charge in [0.15, 0.2) is 0 Å². The summed E-state index contributed by atoms with van der Waals surface area (Å²) in [5.41, 5.74) is 5.14. The highest BCUT2D eigenvalue weighted by Crippen LogP contribution is 2.23. The van der Waals surface area contributed by atoms with Gasteiger partial charge in [0, 0.05) is 6.04 Å². The minimum absolute atomic E-state index is 0.308. The Balaban J connectivity index is 2.26. The Bertz CT molecular complexity index is 286. The van der Waals surface area contributed by atoms with Gasteiger partial charge in [-0.25, -0.2) is 0 Å². The molecule has 0 aromatic carbocycles. The van der Waals surface area contributed by atoms with Crippen LogP contribution in [0.4, 0.5) is 0 Å². The Kier molecular flexibility index (Phi) is 7.52. The molecule has 0 amide bonds. The van der Waals surface area contributed by atoms with E-state index in [1.54, 1.807) is 6.92 Å². The van der Waals surface area contributed by atoms with Gasteiger partial charge in [0.05, 0.1) is 7.11 Å². The molecule has 1 aliphatic rings. The second kappa shape index (κ2) is 8.63. The SMILES string of the molecule is CCN(CCCCC(C)(N)C(=O)OC)C1CCCCC1. The maximum Gasteiger partial charge on any atom is 0.325 e. The van der Waals surface area contributed by atoms with Gasteiger partial charge < -0.3 is 15.4 Å². The van der Waals surface area contributed by atoms with E-state index < -0.39 is 5.54 Å². The largest absolute Gasteiger partial charge is 0.468 e. The van der Waals surface area contributed by atoms with E-state index in [1.165, 1.54) is 39.2 Å². The van der Waals surface area contributed by atoms with Crippen LogP contribution in [0.5, 0.6) is 0 Å². The van der Waals surface area contributed by atoms with E-state index in [0.717, 1.165) is 32.0 Å². The van der Waals surface area contributed by atoms with Crippen molar-refractivity contribution in [3.63, 3.8) is 0 Å². The number of unbranched alkanes of at least 4 members (excludes halogenated alkanes) is 1. The van der Waals surface area contributed by atoms with Gasteiger partial charge in [0.2, 0.25) is 0 Å². The fourth-order valence-corrected chi connectivity index (χ4v) is 3.19. The molecule has 0 radical (unpaired) electrons. The van der Waals surface area contributed by atoms with Gasteiger partial charge in [-0.3, -0.25) is 4.79 Å². The third-order valence-corrected chi connectivity index (χ3v) is 4.54. The van der Waals surface area contributed by atoms with Crippen LogP contribution in [-0.4, -0.2) is 42.6 Å². The van der Waals surface area contributed by atoms with E-state index in [9.17, 15) is 4.79 Å². The predicted molar refractivity (Wildman–Crippen MR) is 82.6 cm³/mol. The monoisotopic (exact) mass is 284 g/mol. The number of ether oxygens (including phenoxy) is 1. The van der Waals surface area contributed by atoms with Crippen molar-refractivity contribution in [2.75, 3.05) is 20.2 Å². The van der Waals surface area contributed by atoms with Gasteiger partial charge >= 0.3 is 5.97 Å². The molecule has 1 atom stereocenters. The average molecular weight is 284 g/mol. The molecule has 2 N–H and O–H groups in total. The van der Waals surface area contributed by atoms with Crippen molar-refractivity contribution in [2.24, 2.45) is 5.73 Å². The van der Waals surface area contributed by atoms with Crippen LogP contribution in [0.25, 0.3) is 0 Å². The minimum atomic E-state index is -0.837. The maximum absolute atomic E-state index is 11.5. The first kappa shape index (κ1) is 17.4. The Labute approximate surface area is 124 Å². The van der Waals surface area contributed by atoms with Crippen molar-refractivity contribution in [2.45, 2.75) is 76.8 Å². The molecule has 20 heavy (non-hydrogen) atoms. The molecule has 4 nitrogen and oxygen atoms in total. The minimum Gasteiger partial charge on any atom is -0.468 e. The second-order valence-electron chi connectivity index (χ2n) is 6.29. The normalized spacial score (nSPS) is 19.9. The lowest BCUT2D eigenvalue weighted by atomic mass is 9.93. The van der Waals surface area contributed by atoms with Crippen LogP contribution in [-0.2, 0) is 9.53 Å². The maximum atomic E-state index is 11.5. The van der Waals surface area contributed by atoms with Gasteiger partial charge in [0.25, 0.3) is 0 Å². The topological polar surface area (TPSA) is 55.6 Å². The van der Waals surface area contributed by atoms with Crippen molar-refractivity contribution in [3.8, 4) is 0 Å². The molecule has 0 aliphatic heterocycles. The Hall–Kier alpha value is -0.610. The molecule has 4 heteroatoms. The summed E-state index contributed by atoms with van der Waals surface area (Å²) in [7, 11) is 1.40. The summed E-state index contributed by atoms with van der Waals surface area (Å²) in [6.45, 7) is 6.26. The molecule has 1 fully saturated rings. The quantitative estimate of drug-likeness (QED) is 0.550. The molecule has 118 valence electrons. The summed E-state index contributed by atoms with van der Waals surface area (Å²) in [6.07, 6.45) is 9.64. The number of nitrogens with zero attached hydrogens (tertiary/aromatic N) is 1. The summed E-state index contributed by atoms with van der Waals surface area (Å²) < 4.78 is 4.74. The van der Waals surface area contributed by atoms with E-state index in [4.69, 9.17) is 10.5 Å². The fraction of sp³-hybridized carbons (Fsp3) is 0.938. The number of hydrogen-bond donors (Lipinski definition) is 1. The first-order chi connectivity index (χ1) is 9.51. The molecule has 1 rings (SSSR count). The Morgan fingerprint density at radius 3 is 2.50 bits per heavy atom. The van der Waals surface area contributed by atoms with Gasteiger partial charge in [-0.1, -0.05) is 26.2 Å². The average Bonchev–Trinajstić information content (AvgIpc) is 2.47. The number of esters is 1. The number of nitrogens with two attached hydrogens (primary N) is 1. The van der Waals surface area contributed by atoms with Crippen LogP contribution < -0.4 is 5.73 Å². The second-order valence-corrected chi connectivity index (χ2v) is 6.29. The van der Waals surface area contributed by atoms with Crippen molar-refractivity contribution in [1.29, 1.82) is 0 Å². The van der Waals surface area contributed by atoms with Gasteiger partial charge in [-0.05, 0) is 52.1 Å². The smallest absolute Gasteiger partial charge is 0.325 e. The Morgan fingerprint density at radius 2 is 1.95 bits per heavy atom. The molecule has 1 aliphatic carbocycles. The highest BCUT2D eigenvalue weighted by molar-refractivity contribution is 5.79. The highest BCUT2D eigenvalue weighted by Gasteiger charge is 2.28. The van der Waals surface area contributed by atoms with Gasteiger partial charge in [-0.2, -0.15) is 0 Å².